The van der Waals surface area contributed by atoms with Crippen molar-refractivity contribution in [3.63, 3.8) is 0 Å². The molecule has 26 heavy (non-hydrogen) atoms. The van der Waals surface area contributed by atoms with Crippen molar-refractivity contribution in [2.75, 3.05) is 25.0 Å². The average molecular weight is 466 g/mol. The molecule has 0 saturated carbocycles. The van der Waals surface area contributed by atoms with Crippen molar-refractivity contribution in [1.29, 1.82) is 0 Å². The van der Waals surface area contributed by atoms with Crippen LogP contribution in [0.5, 0.6) is 0 Å². The van der Waals surface area contributed by atoms with Crippen molar-refractivity contribution in [3.8, 4) is 0 Å². The Labute approximate surface area is 166 Å². The highest BCUT2D eigenvalue weighted by Crippen LogP contribution is 2.21. The molecule has 0 fully saturated rings. The first-order valence-electron chi connectivity index (χ1n) is 8.71. The molecule has 0 aliphatic carbocycles. The van der Waals surface area contributed by atoms with Crippen molar-refractivity contribution in [2.24, 2.45) is 7.05 Å². The number of hydrogen-bond acceptors (Lipinski definition) is 4. The van der Waals surface area contributed by atoms with Crippen LogP contribution < -0.4 is 5.32 Å². The molecule has 0 unspecified atom stereocenters. The first-order chi connectivity index (χ1) is 12.5. The number of aromatic nitrogens is 4. The second-order valence-electron chi connectivity index (χ2n) is 6.02. The summed E-state index contributed by atoms with van der Waals surface area (Å²) in [5, 5.41) is 7.11. The highest BCUT2D eigenvalue weighted by atomic mass is 127. The highest BCUT2D eigenvalue weighted by molar-refractivity contribution is 14.1. The van der Waals surface area contributed by atoms with E-state index in [4.69, 9.17) is 0 Å². The van der Waals surface area contributed by atoms with Crippen molar-refractivity contribution in [3.05, 3.63) is 39.7 Å². The lowest BCUT2D eigenvalue weighted by Gasteiger charge is -2.19. The molecule has 0 bridgehead atoms. The number of nitrogens with one attached hydrogen (secondary N) is 1. The summed E-state index contributed by atoms with van der Waals surface area (Å²) in [5.74, 6) is 0.370. The first-order valence-corrected chi connectivity index (χ1v) is 9.79. The Kier molecular flexibility index (Phi) is 5.92. The molecule has 0 radical (unpaired) electrons. The van der Waals surface area contributed by atoms with E-state index in [0.29, 0.717) is 11.6 Å². The molecule has 1 N–H and O–H groups in total. The molecule has 3 aromatic rings. The zero-order valence-corrected chi connectivity index (χ0v) is 17.4. The molecule has 0 saturated heterocycles. The van der Waals surface area contributed by atoms with E-state index in [9.17, 15) is 4.79 Å². The number of likely N-dealkylation sites (N-methyl/N-ethyl adjacent to an activating group) is 1. The number of carbonyl (C=O) groups is 1. The number of carbonyl (C=O) groups excluding carboxylic acids is 1. The summed E-state index contributed by atoms with van der Waals surface area (Å²) >= 11 is 2.12. The molecule has 2 aromatic heterocycles. The van der Waals surface area contributed by atoms with Crippen molar-refractivity contribution >= 4 is 45.5 Å². The van der Waals surface area contributed by atoms with E-state index in [1.807, 2.05) is 24.3 Å². The summed E-state index contributed by atoms with van der Waals surface area (Å²) in [6.07, 6.45) is 1.68. The number of anilines is 1. The van der Waals surface area contributed by atoms with Gasteiger partial charge in [0.2, 0.25) is 5.95 Å². The van der Waals surface area contributed by atoms with Crippen LogP contribution in [0.3, 0.4) is 0 Å². The van der Waals surface area contributed by atoms with Gasteiger partial charge in [0.25, 0.3) is 5.91 Å². The molecule has 0 atom stereocenters. The van der Waals surface area contributed by atoms with Crippen LogP contribution in [-0.2, 0) is 13.6 Å². The fourth-order valence-electron chi connectivity index (χ4n) is 3.01. The van der Waals surface area contributed by atoms with Gasteiger partial charge >= 0.3 is 0 Å². The number of imidazole rings is 1. The van der Waals surface area contributed by atoms with E-state index in [1.165, 1.54) is 0 Å². The van der Waals surface area contributed by atoms with Crippen LogP contribution in [-0.4, -0.2) is 49.8 Å². The molecule has 1 amide bonds. The van der Waals surface area contributed by atoms with Crippen LogP contribution in [0.25, 0.3) is 11.0 Å². The van der Waals surface area contributed by atoms with Gasteiger partial charge in [0, 0.05) is 20.1 Å². The zero-order chi connectivity index (χ0) is 18.7. The van der Waals surface area contributed by atoms with Crippen molar-refractivity contribution in [1.82, 2.24) is 24.2 Å². The van der Waals surface area contributed by atoms with Gasteiger partial charge in [-0.1, -0.05) is 26.0 Å². The van der Waals surface area contributed by atoms with Gasteiger partial charge < -0.3 is 9.47 Å². The molecular formula is C18H23IN6O. The van der Waals surface area contributed by atoms with E-state index in [-0.39, 0.29) is 5.91 Å². The maximum atomic E-state index is 12.8. The van der Waals surface area contributed by atoms with Crippen molar-refractivity contribution in [2.45, 2.75) is 20.4 Å². The third-order valence-corrected chi connectivity index (χ3v) is 5.31. The maximum absolute atomic E-state index is 12.8. The number of halogens is 1. The number of para-hydroxylation sites is 2. The third-order valence-electron chi connectivity index (χ3n) is 4.52. The summed E-state index contributed by atoms with van der Waals surface area (Å²) in [4.78, 5) is 19.7. The van der Waals surface area contributed by atoms with Crippen LogP contribution in [0.15, 0.2) is 30.5 Å². The summed E-state index contributed by atoms with van der Waals surface area (Å²) in [7, 11) is 1.76. The van der Waals surface area contributed by atoms with E-state index in [0.717, 1.165) is 40.8 Å². The van der Waals surface area contributed by atoms with Gasteiger partial charge in [-0.3, -0.25) is 14.8 Å². The monoisotopic (exact) mass is 466 g/mol. The molecule has 3 rings (SSSR count). The summed E-state index contributed by atoms with van der Waals surface area (Å²) in [6.45, 7) is 7.97. The van der Waals surface area contributed by atoms with Gasteiger partial charge in [-0.05, 0) is 47.8 Å². The van der Waals surface area contributed by atoms with Crippen LogP contribution in [0.2, 0.25) is 0 Å². The van der Waals surface area contributed by atoms with Crippen LogP contribution in [0, 0.1) is 3.57 Å². The van der Waals surface area contributed by atoms with Gasteiger partial charge in [0.1, 0.15) is 5.69 Å². The minimum atomic E-state index is -0.200. The normalized spacial score (nSPS) is 11.4. The van der Waals surface area contributed by atoms with E-state index in [1.54, 1.807) is 17.9 Å². The van der Waals surface area contributed by atoms with Crippen molar-refractivity contribution < 1.29 is 4.79 Å². The van der Waals surface area contributed by atoms with Gasteiger partial charge in [0.15, 0.2) is 0 Å². The second-order valence-corrected chi connectivity index (χ2v) is 7.18. The maximum Gasteiger partial charge on any atom is 0.277 e. The summed E-state index contributed by atoms with van der Waals surface area (Å²) < 4.78 is 4.47. The summed E-state index contributed by atoms with van der Waals surface area (Å²) in [6, 6.07) is 7.95. The SMILES string of the molecule is CCN(CC)CCn1c(NC(=O)c2c(I)cnn2C)nc2ccccc21. The standard InChI is InChI=1S/C18H23IN6O/c1-4-24(5-2)10-11-25-15-9-7-6-8-14(15)21-18(25)22-17(26)16-13(19)12-20-23(16)3/h6-9,12H,4-5,10-11H2,1-3H3,(H,21,22,26). The van der Waals surface area contributed by atoms with E-state index < -0.39 is 0 Å². The zero-order valence-electron chi connectivity index (χ0n) is 15.2. The predicted molar refractivity (Wildman–Crippen MR) is 111 cm³/mol. The Morgan fingerprint density at radius 3 is 2.65 bits per heavy atom. The molecule has 138 valence electrons. The Balaban J connectivity index is 1.92. The van der Waals surface area contributed by atoms with Gasteiger partial charge in [-0.2, -0.15) is 5.10 Å². The van der Waals surface area contributed by atoms with Gasteiger partial charge in [-0.25, -0.2) is 4.98 Å². The Hall–Kier alpha value is -1.94. The Bertz CT molecular complexity index is 892. The number of hydrogen-bond donors (Lipinski definition) is 1. The molecular weight excluding hydrogens is 443 g/mol. The number of benzene rings is 1. The molecule has 0 aliphatic rings. The third kappa shape index (κ3) is 3.75. The molecule has 0 aliphatic heterocycles. The molecule has 2 heterocycles. The lowest BCUT2D eigenvalue weighted by Crippen LogP contribution is -2.28. The number of rotatable bonds is 7. The first kappa shape index (κ1) is 18.8. The second kappa shape index (κ2) is 8.17. The average Bonchev–Trinajstić information content (AvgIpc) is 3.15. The summed E-state index contributed by atoms with van der Waals surface area (Å²) in [5.41, 5.74) is 2.43. The highest BCUT2D eigenvalue weighted by Gasteiger charge is 2.19. The molecule has 1 aromatic carbocycles. The predicted octanol–water partition coefficient (Wildman–Crippen LogP) is 2.97. The quantitative estimate of drug-likeness (QED) is 0.544. The minimum absolute atomic E-state index is 0.200. The smallest absolute Gasteiger partial charge is 0.277 e. The van der Waals surface area contributed by atoms with Gasteiger partial charge in [0.05, 0.1) is 20.8 Å². The lowest BCUT2D eigenvalue weighted by atomic mass is 10.3. The number of aryl methyl sites for hydroxylation is 1. The molecule has 7 nitrogen and oxygen atoms in total. The topological polar surface area (TPSA) is 68.0 Å². The number of fused-ring (bicyclic) bond motifs is 1. The Morgan fingerprint density at radius 2 is 2.00 bits per heavy atom. The fourth-order valence-corrected chi connectivity index (χ4v) is 3.72. The van der Waals surface area contributed by atoms with Gasteiger partial charge in [-0.15, -0.1) is 0 Å². The number of amides is 1. The Morgan fingerprint density at radius 1 is 1.27 bits per heavy atom. The molecule has 0 spiro atoms. The van der Waals surface area contributed by atoms with E-state index in [2.05, 4.69) is 61.3 Å². The fraction of sp³-hybridized carbons (Fsp3) is 0.389. The van der Waals surface area contributed by atoms with Crippen LogP contribution >= 0.6 is 22.6 Å². The number of nitrogens with zero attached hydrogens (tertiary/aromatic N) is 5. The largest absolute Gasteiger partial charge is 0.309 e. The van der Waals surface area contributed by atoms with Crippen LogP contribution in [0.1, 0.15) is 24.3 Å². The van der Waals surface area contributed by atoms with Crippen LogP contribution in [0.4, 0.5) is 5.95 Å². The minimum Gasteiger partial charge on any atom is -0.309 e. The lowest BCUT2D eigenvalue weighted by molar-refractivity contribution is 0.101. The van der Waals surface area contributed by atoms with E-state index >= 15 is 0 Å². The molecule has 8 heteroatoms.